The lowest BCUT2D eigenvalue weighted by atomic mass is 10.2. The van der Waals surface area contributed by atoms with Gasteiger partial charge in [0, 0.05) is 12.7 Å². The van der Waals surface area contributed by atoms with Crippen LogP contribution in [0.4, 0.5) is 0 Å². The van der Waals surface area contributed by atoms with Crippen molar-refractivity contribution in [3.8, 4) is 0 Å². The molecule has 0 aliphatic carbocycles. The molecule has 3 nitrogen and oxygen atoms in total. The van der Waals surface area contributed by atoms with E-state index in [0.29, 0.717) is 11.8 Å². The fourth-order valence-corrected chi connectivity index (χ4v) is 1.30. The van der Waals surface area contributed by atoms with Crippen LogP contribution in [-0.2, 0) is 4.74 Å². The van der Waals surface area contributed by atoms with Crippen LogP contribution in [0.1, 0.15) is 11.6 Å². The second kappa shape index (κ2) is 4.50. The second-order valence-electron chi connectivity index (χ2n) is 2.45. The van der Waals surface area contributed by atoms with Crippen LogP contribution in [0.25, 0.3) is 0 Å². The summed E-state index contributed by atoms with van der Waals surface area (Å²) >= 11 is 5.79. The minimum absolute atomic E-state index is 0.0984. The summed E-state index contributed by atoms with van der Waals surface area (Å²) in [4.78, 5) is 0. The lowest BCUT2D eigenvalue weighted by Crippen LogP contribution is -2.20. The monoisotopic (exact) mass is 189 g/mol. The van der Waals surface area contributed by atoms with Crippen LogP contribution < -0.4 is 5.32 Å². The van der Waals surface area contributed by atoms with E-state index in [0.717, 1.165) is 5.56 Å². The third-order valence-corrected chi connectivity index (χ3v) is 2.01. The first-order chi connectivity index (χ1) is 5.79. The number of methoxy groups -OCH3 is 1. The van der Waals surface area contributed by atoms with E-state index in [9.17, 15) is 0 Å². The van der Waals surface area contributed by atoms with Crippen molar-refractivity contribution in [2.75, 3.05) is 20.8 Å². The maximum Gasteiger partial charge on any atom is 0.197 e. The van der Waals surface area contributed by atoms with Gasteiger partial charge in [-0.15, -0.1) is 0 Å². The molecule has 12 heavy (non-hydrogen) atoms. The standard InChI is InChI=1S/C8H12ClNO2/c1-10-7(5-11-2)6-3-4-12-8(6)9/h3-4,7,10H,5H2,1-2H3. The highest BCUT2D eigenvalue weighted by molar-refractivity contribution is 6.29. The van der Waals surface area contributed by atoms with Gasteiger partial charge in [0.25, 0.3) is 0 Å². The Kier molecular flexibility index (Phi) is 3.59. The van der Waals surface area contributed by atoms with Crippen LogP contribution in [0.15, 0.2) is 16.7 Å². The fraction of sp³-hybridized carbons (Fsp3) is 0.500. The molecule has 0 spiro atoms. The van der Waals surface area contributed by atoms with Gasteiger partial charge in [0.1, 0.15) is 0 Å². The average Bonchev–Trinajstić information content (AvgIpc) is 2.47. The van der Waals surface area contributed by atoms with Crippen molar-refractivity contribution >= 4 is 11.6 Å². The molecule has 1 heterocycles. The van der Waals surface area contributed by atoms with E-state index in [-0.39, 0.29) is 6.04 Å². The molecule has 1 atom stereocenters. The van der Waals surface area contributed by atoms with Crippen LogP contribution in [0.5, 0.6) is 0 Å². The lowest BCUT2D eigenvalue weighted by molar-refractivity contribution is 0.170. The molecule has 1 N–H and O–H groups in total. The number of nitrogens with one attached hydrogen (secondary N) is 1. The zero-order chi connectivity index (χ0) is 8.97. The second-order valence-corrected chi connectivity index (χ2v) is 2.79. The van der Waals surface area contributed by atoms with E-state index in [2.05, 4.69) is 5.32 Å². The fourth-order valence-electron chi connectivity index (χ4n) is 1.05. The smallest absolute Gasteiger partial charge is 0.197 e. The highest BCUT2D eigenvalue weighted by Gasteiger charge is 2.14. The first kappa shape index (κ1) is 9.58. The van der Waals surface area contributed by atoms with Gasteiger partial charge in [0.2, 0.25) is 0 Å². The molecule has 0 radical (unpaired) electrons. The Labute approximate surface area is 76.7 Å². The van der Waals surface area contributed by atoms with Crippen LogP contribution in [-0.4, -0.2) is 20.8 Å². The Hall–Kier alpha value is -0.510. The molecule has 1 unspecified atom stereocenters. The van der Waals surface area contributed by atoms with Crippen LogP contribution in [0, 0.1) is 0 Å². The number of hydrogen-bond donors (Lipinski definition) is 1. The van der Waals surface area contributed by atoms with Crippen molar-refractivity contribution in [1.82, 2.24) is 5.32 Å². The van der Waals surface area contributed by atoms with Gasteiger partial charge >= 0.3 is 0 Å². The molecule has 0 aromatic carbocycles. The summed E-state index contributed by atoms with van der Waals surface area (Å²) in [6, 6.07) is 1.93. The van der Waals surface area contributed by atoms with Crippen molar-refractivity contribution in [3.05, 3.63) is 23.1 Å². The number of hydrogen-bond acceptors (Lipinski definition) is 3. The van der Waals surface area contributed by atoms with E-state index in [4.69, 9.17) is 20.8 Å². The van der Waals surface area contributed by atoms with E-state index in [1.807, 2.05) is 13.1 Å². The van der Waals surface area contributed by atoms with Gasteiger partial charge in [-0.25, -0.2) is 0 Å². The summed E-state index contributed by atoms with van der Waals surface area (Å²) in [5.74, 6) is 0. The van der Waals surface area contributed by atoms with Crippen LogP contribution in [0.3, 0.4) is 0 Å². The number of ether oxygens (including phenoxy) is 1. The summed E-state index contributed by atoms with van der Waals surface area (Å²) in [5, 5.41) is 3.50. The Morgan fingerprint density at radius 1 is 1.75 bits per heavy atom. The molecule has 0 bridgehead atoms. The predicted molar refractivity (Wildman–Crippen MR) is 47.4 cm³/mol. The summed E-state index contributed by atoms with van der Waals surface area (Å²) in [6.45, 7) is 0.579. The topological polar surface area (TPSA) is 34.4 Å². The molecule has 68 valence electrons. The summed E-state index contributed by atoms with van der Waals surface area (Å²) < 4.78 is 9.97. The molecular weight excluding hydrogens is 178 g/mol. The minimum atomic E-state index is 0.0984. The van der Waals surface area contributed by atoms with Gasteiger partial charge in [0.05, 0.1) is 18.9 Å². The van der Waals surface area contributed by atoms with E-state index in [1.165, 1.54) is 0 Å². The molecule has 0 aliphatic rings. The van der Waals surface area contributed by atoms with Crippen molar-refractivity contribution < 1.29 is 9.15 Å². The van der Waals surface area contributed by atoms with Gasteiger partial charge in [-0.3, -0.25) is 0 Å². The Morgan fingerprint density at radius 2 is 2.50 bits per heavy atom. The Balaban J connectivity index is 2.72. The third-order valence-electron chi connectivity index (χ3n) is 1.70. The average molecular weight is 190 g/mol. The normalized spacial score (nSPS) is 13.2. The number of likely N-dealkylation sites (N-methyl/N-ethyl adjacent to an activating group) is 1. The molecular formula is C8H12ClNO2. The lowest BCUT2D eigenvalue weighted by Gasteiger charge is -2.12. The van der Waals surface area contributed by atoms with E-state index < -0.39 is 0 Å². The van der Waals surface area contributed by atoms with E-state index >= 15 is 0 Å². The third kappa shape index (κ3) is 2.00. The van der Waals surface area contributed by atoms with Crippen LogP contribution >= 0.6 is 11.6 Å². The first-order valence-corrected chi connectivity index (χ1v) is 4.06. The van der Waals surface area contributed by atoms with Gasteiger partial charge < -0.3 is 14.5 Å². The van der Waals surface area contributed by atoms with Crippen molar-refractivity contribution in [3.63, 3.8) is 0 Å². The summed E-state index contributed by atoms with van der Waals surface area (Å²) in [5.41, 5.74) is 0.931. The first-order valence-electron chi connectivity index (χ1n) is 3.68. The predicted octanol–water partition coefficient (Wildman–Crippen LogP) is 1.84. The number of rotatable bonds is 4. The minimum Gasteiger partial charge on any atom is -0.453 e. The molecule has 0 aliphatic heterocycles. The van der Waals surface area contributed by atoms with Crippen molar-refractivity contribution in [2.24, 2.45) is 0 Å². The molecule has 0 saturated heterocycles. The quantitative estimate of drug-likeness (QED) is 0.785. The van der Waals surface area contributed by atoms with Crippen molar-refractivity contribution in [1.29, 1.82) is 0 Å². The largest absolute Gasteiger partial charge is 0.453 e. The molecule has 1 rings (SSSR count). The summed E-state index contributed by atoms with van der Waals surface area (Å²) in [6.07, 6.45) is 1.57. The molecule has 0 fully saturated rings. The SMILES string of the molecule is CNC(COC)c1ccoc1Cl. The van der Waals surface area contributed by atoms with Crippen LogP contribution in [0.2, 0.25) is 5.22 Å². The van der Waals surface area contributed by atoms with Gasteiger partial charge in [-0.05, 0) is 24.7 Å². The molecule has 0 amide bonds. The number of furan rings is 1. The molecule has 4 heteroatoms. The highest BCUT2D eigenvalue weighted by Crippen LogP contribution is 2.23. The Morgan fingerprint density at radius 3 is 2.92 bits per heavy atom. The highest BCUT2D eigenvalue weighted by atomic mass is 35.5. The van der Waals surface area contributed by atoms with Crippen molar-refractivity contribution in [2.45, 2.75) is 6.04 Å². The molecule has 0 saturated carbocycles. The van der Waals surface area contributed by atoms with Gasteiger partial charge in [-0.2, -0.15) is 0 Å². The van der Waals surface area contributed by atoms with Gasteiger partial charge in [0.15, 0.2) is 5.22 Å². The molecule has 1 aromatic rings. The van der Waals surface area contributed by atoms with Gasteiger partial charge in [-0.1, -0.05) is 0 Å². The maximum atomic E-state index is 5.79. The summed E-state index contributed by atoms with van der Waals surface area (Å²) in [7, 11) is 3.51. The molecule has 1 aromatic heterocycles. The Bertz CT molecular complexity index is 237. The zero-order valence-electron chi connectivity index (χ0n) is 7.13. The van der Waals surface area contributed by atoms with E-state index in [1.54, 1.807) is 13.4 Å². The number of halogens is 1. The zero-order valence-corrected chi connectivity index (χ0v) is 7.89. The maximum absolute atomic E-state index is 5.79.